The van der Waals surface area contributed by atoms with E-state index in [0.717, 1.165) is 23.9 Å². The lowest BCUT2D eigenvalue weighted by Crippen LogP contribution is -2.33. The third-order valence-corrected chi connectivity index (χ3v) is 5.42. The van der Waals surface area contributed by atoms with Crippen molar-refractivity contribution in [2.24, 2.45) is 0 Å². The zero-order valence-corrected chi connectivity index (χ0v) is 15.4. The number of thiazole rings is 1. The van der Waals surface area contributed by atoms with Crippen molar-refractivity contribution in [3.8, 4) is 0 Å². The predicted molar refractivity (Wildman–Crippen MR) is 96.5 cm³/mol. The van der Waals surface area contributed by atoms with E-state index in [1.807, 2.05) is 11.4 Å². The summed E-state index contributed by atoms with van der Waals surface area (Å²) in [6.07, 6.45) is 5.44. The Morgan fingerprint density at radius 3 is 2.88 bits per heavy atom. The fraction of sp³-hybridized carbons (Fsp3) is 0.556. The number of aliphatic hydroxyl groups excluding tert-OH is 1. The molecule has 1 amide bonds. The van der Waals surface area contributed by atoms with E-state index in [-0.39, 0.29) is 25.1 Å². The van der Waals surface area contributed by atoms with Crippen LogP contribution in [0.5, 0.6) is 0 Å². The van der Waals surface area contributed by atoms with E-state index in [4.69, 9.17) is 4.42 Å². The minimum absolute atomic E-state index is 0.0884. The number of carbonyl (C=O) groups excluding carboxylic acids is 1. The van der Waals surface area contributed by atoms with Gasteiger partial charge in [0.25, 0.3) is 5.91 Å². The quantitative estimate of drug-likeness (QED) is 0.819. The highest BCUT2D eigenvalue weighted by molar-refractivity contribution is 7.09. The minimum atomic E-state index is -0.207. The van der Waals surface area contributed by atoms with Crippen LogP contribution in [0.2, 0.25) is 0 Å². The van der Waals surface area contributed by atoms with Gasteiger partial charge in [-0.2, -0.15) is 0 Å². The number of aliphatic hydroxyl groups is 1. The van der Waals surface area contributed by atoms with Crippen LogP contribution >= 0.6 is 11.3 Å². The molecule has 7 heteroatoms. The molecule has 1 fully saturated rings. The fourth-order valence-corrected chi connectivity index (χ4v) is 3.83. The smallest absolute Gasteiger partial charge is 0.290 e. The van der Waals surface area contributed by atoms with Crippen LogP contribution in [0.1, 0.15) is 53.6 Å². The van der Waals surface area contributed by atoms with Crippen molar-refractivity contribution in [3.63, 3.8) is 0 Å². The summed E-state index contributed by atoms with van der Waals surface area (Å²) in [6.45, 7) is 4.83. The van der Waals surface area contributed by atoms with Gasteiger partial charge >= 0.3 is 0 Å². The summed E-state index contributed by atoms with van der Waals surface area (Å²) in [7, 11) is 0. The lowest BCUT2D eigenvalue weighted by Gasteiger charge is -2.31. The fourth-order valence-electron chi connectivity index (χ4n) is 3.20. The van der Waals surface area contributed by atoms with E-state index in [0.29, 0.717) is 12.3 Å². The number of hydrogen-bond acceptors (Lipinski definition) is 6. The van der Waals surface area contributed by atoms with Crippen molar-refractivity contribution >= 4 is 17.2 Å². The number of carbonyl (C=O) groups is 1. The Morgan fingerprint density at radius 2 is 2.20 bits per heavy atom. The molecule has 3 heterocycles. The van der Waals surface area contributed by atoms with Crippen molar-refractivity contribution in [3.05, 3.63) is 40.2 Å². The predicted octanol–water partition coefficient (Wildman–Crippen LogP) is 2.92. The number of likely N-dealkylation sites (tertiary alicyclic amines) is 1. The molecule has 1 N–H and O–H groups in total. The van der Waals surface area contributed by atoms with E-state index in [9.17, 15) is 9.90 Å². The molecule has 1 unspecified atom stereocenters. The summed E-state index contributed by atoms with van der Waals surface area (Å²) in [5.41, 5.74) is 0. The Labute approximate surface area is 152 Å². The first-order chi connectivity index (χ1) is 12.2. The molecular weight excluding hydrogens is 338 g/mol. The second-order valence-corrected chi connectivity index (χ2v) is 7.33. The Kier molecular flexibility index (Phi) is 6.23. The van der Waals surface area contributed by atoms with Gasteiger partial charge in [0.2, 0.25) is 0 Å². The van der Waals surface area contributed by atoms with Crippen molar-refractivity contribution in [2.45, 2.75) is 38.8 Å². The Hall–Kier alpha value is -1.70. The molecule has 0 spiro atoms. The van der Waals surface area contributed by atoms with Crippen LogP contribution in [0.25, 0.3) is 0 Å². The Morgan fingerprint density at radius 1 is 1.40 bits per heavy atom. The molecular formula is C18H25N3O3S. The van der Waals surface area contributed by atoms with Gasteiger partial charge in [-0.05, 0) is 45.0 Å². The van der Waals surface area contributed by atoms with Crippen LogP contribution in [0.3, 0.4) is 0 Å². The highest BCUT2D eigenvalue weighted by atomic mass is 32.1. The summed E-state index contributed by atoms with van der Waals surface area (Å²) in [4.78, 5) is 20.9. The molecule has 0 bridgehead atoms. The average Bonchev–Trinajstić information content (AvgIpc) is 3.33. The van der Waals surface area contributed by atoms with Crippen molar-refractivity contribution < 1.29 is 14.3 Å². The summed E-state index contributed by atoms with van der Waals surface area (Å²) in [5, 5.41) is 12.0. The normalized spacial score (nSPS) is 16.7. The van der Waals surface area contributed by atoms with Crippen LogP contribution in [-0.2, 0) is 6.54 Å². The van der Waals surface area contributed by atoms with Gasteiger partial charge in [-0.1, -0.05) is 6.42 Å². The molecule has 0 aliphatic carbocycles. The van der Waals surface area contributed by atoms with Crippen LogP contribution in [-0.4, -0.2) is 52.0 Å². The molecule has 136 valence electrons. The number of piperidine rings is 1. The largest absolute Gasteiger partial charge is 0.454 e. The van der Waals surface area contributed by atoms with Crippen molar-refractivity contribution in [1.82, 2.24) is 14.8 Å². The Bertz CT molecular complexity index is 665. The van der Waals surface area contributed by atoms with Gasteiger partial charge in [0, 0.05) is 18.1 Å². The summed E-state index contributed by atoms with van der Waals surface area (Å²) < 4.78 is 5.88. The molecule has 1 aliphatic rings. The van der Waals surface area contributed by atoms with E-state index >= 15 is 0 Å². The van der Waals surface area contributed by atoms with E-state index < -0.39 is 0 Å². The zero-order valence-electron chi connectivity index (χ0n) is 14.6. The van der Waals surface area contributed by atoms with Crippen LogP contribution < -0.4 is 0 Å². The number of furan rings is 1. The third kappa shape index (κ3) is 4.48. The number of nitrogens with zero attached hydrogens (tertiary/aromatic N) is 3. The van der Waals surface area contributed by atoms with Crippen molar-refractivity contribution in [1.29, 1.82) is 0 Å². The van der Waals surface area contributed by atoms with Crippen LogP contribution in [0, 0.1) is 0 Å². The molecule has 1 saturated heterocycles. The molecule has 3 rings (SSSR count). The summed E-state index contributed by atoms with van der Waals surface area (Å²) in [6, 6.07) is 3.81. The molecule has 0 aromatic carbocycles. The first-order valence-corrected chi connectivity index (χ1v) is 9.69. The maximum Gasteiger partial charge on any atom is 0.290 e. The minimum Gasteiger partial charge on any atom is -0.454 e. The van der Waals surface area contributed by atoms with Gasteiger partial charge in [-0.25, -0.2) is 4.98 Å². The molecule has 0 saturated carbocycles. The first-order valence-electron chi connectivity index (χ1n) is 8.81. The first kappa shape index (κ1) is 18.1. The summed E-state index contributed by atoms with van der Waals surface area (Å²) in [5.74, 6) is 0.939. The van der Waals surface area contributed by atoms with Gasteiger partial charge in [-0.3, -0.25) is 9.69 Å². The standard InChI is InChI=1S/C18H25N3O3S/c1-14(20-8-3-2-4-9-20)15-5-6-16(24-15)18(23)21(10-11-22)13-17-19-7-12-25-17/h5-7,12,14,22H,2-4,8-11,13H2,1H3. The molecule has 1 atom stereocenters. The Balaban J connectivity index is 1.69. The molecule has 0 radical (unpaired) electrons. The molecule has 2 aromatic heterocycles. The molecule has 25 heavy (non-hydrogen) atoms. The van der Waals surface area contributed by atoms with Gasteiger partial charge in [0.1, 0.15) is 10.8 Å². The van der Waals surface area contributed by atoms with E-state index in [1.54, 1.807) is 17.2 Å². The van der Waals surface area contributed by atoms with Crippen LogP contribution in [0.15, 0.2) is 28.1 Å². The topological polar surface area (TPSA) is 69.8 Å². The number of aromatic nitrogens is 1. The number of amides is 1. The third-order valence-electron chi connectivity index (χ3n) is 4.65. The molecule has 1 aliphatic heterocycles. The van der Waals surface area contributed by atoms with Gasteiger partial charge in [0.05, 0.1) is 19.2 Å². The SMILES string of the molecule is CC(c1ccc(C(=O)N(CCO)Cc2nccs2)o1)N1CCCCC1. The molecule has 6 nitrogen and oxygen atoms in total. The van der Waals surface area contributed by atoms with Gasteiger partial charge in [-0.15, -0.1) is 11.3 Å². The number of hydrogen-bond donors (Lipinski definition) is 1. The lowest BCUT2D eigenvalue weighted by molar-refractivity contribution is 0.0668. The maximum absolute atomic E-state index is 12.8. The highest BCUT2D eigenvalue weighted by Crippen LogP contribution is 2.26. The molecule has 2 aromatic rings. The highest BCUT2D eigenvalue weighted by Gasteiger charge is 2.24. The van der Waals surface area contributed by atoms with Crippen molar-refractivity contribution in [2.75, 3.05) is 26.2 Å². The van der Waals surface area contributed by atoms with Gasteiger partial charge in [0.15, 0.2) is 5.76 Å². The number of rotatable bonds is 7. The second-order valence-electron chi connectivity index (χ2n) is 6.35. The van der Waals surface area contributed by atoms with E-state index in [1.165, 1.54) is 30.6 Å². The zero-order chi connectivity index (χ0) is 17.6. The van der Waals surface area contributed by atoms with Gasteiger partial charge < -0.3 is 14.4 Å². The average molecular weight is 363 g/mol. The monoisotopic (exact) mass is 363 g/mol. The van der Waals surface area contributed by atoms with E-state index in [2.05, 4.69) is 16.8 Å². The maximum atomic E-state index is 12.8. The lowest BCUT2D eigenvalue weighted by atomic mass is 10.1. The summed E-state index contributed by atoms with van der Waals surface area (Å²) >= 11 is 1.49. The second kappa shape index (κ2) is 8.60. The van der Waals surface area contributed by atoms with Crippen LogP contribution in [0.4, 0.5) is 0 Å².